The summed E-state index contributed by atoms with van der Waals surface area (Å²) in [6.45, 7) is 3.69. The van der Waals surface area contributed by atoms with Gasteiger partial charge < -0.3 is 4.42 Å². The number of Topliss-reactive ketones (excluding diaryl/α,β-unsaturated/α-hetero) is 1. The van der Waals surface area contributed by atoms with Crippen LogP contribution in [0.15, 0.2) is 10.5 Å². The molecule has 0 aromatic carbocycles. The minimum atomic E-state index is 0.184. The number of hydrogen-bond donors (Lipinski definition) is 0. The average molecular weight is 198 g/mol. The van der Waals surface area contributed by atoms with Crippen LogP contribution in [0, 0.1) is 13.8 Å². The number of aryl methyl sites for hydroxylation is 2. The van der Waals surface area contributed by atoms with Crippen molar-refractivity contribution in [2.24, 2.45) is 0 Å². The maximum absolute atomic E-state index is 11.6. The van der Waals surface area contributed by atoms with E-state index in [9.17, 15) is 4.79 Å². The minimum Gasteiger partial charge on any atom is -0.466 e. The molecular formula is C10H14O2S. The number of carbonyl (C=O) groups excluding carboxylic acids is 1. The van der Waals surface area contributed by atoms with Crippen LogP contribution in [0.25, 0.3) is 0 Å². The fraction of sp³-hybridized carbons (Fsp3) is 0.500. The Morgan fingerprint density at radius 3 is 2.69 bits per heavy atom. The van der Waals surface area contributed by atoms with Gasteiger partial charge in [0, 0.05) is 12.2 Å². The van der Waals surface area contributed by atoms with Crippen molar-refractivity contribution in [2.75, 3.05) is 12.0 Å². The molecule has 1 aromatic heterocycles. The summed E-state index contributed by atoms with van der Waals surface area (Å²) >= 11 is 1.69. The van der Waals surface area contributed by atoms with Crippen molar-refractivity contribution >= 4 is 17.5 Å². The third-order valence-electron chi connectivity index (χ3n) is 1.87. The molecule has 0 amide bonds. The molecule has 13 heavy (non-hydrogen) atoms. The maximum atomic E-state index is 11.6. The zero-order chi connectivity index (χ0) is 9.84. The van der Waals surface area contributed by atoms with Crippen molar-refractivity contribution in [3.63, 3.8) is 0 Å². The zero-order valence-corrected chi connectivity index (χ0v) is 9.03. The molecule has 0 atom stereocenters. The first-order chi connectivity index (χ1) is 6.15. The standard InChI is InChI=1S/C10H14O2S/c1-7-6-9(8(2)12-7)10(11)4-5-13-3/h6H,4-5H2,1-3H3. The molecule has 0 aliphatic heterocycles. The van der Waals surface area contributed by atoms with Crippen molar-refractivity contribution in [3.8, 4) is 0 Å². The Kier molecular flexibility index (Phi) is 3.60. The molecule has 0 fully saturated rings. The van der Waals surface area contributed by atoms with Gasteiger partial charge >= 0.3 is 0 Å². The van der Waals surface area contributed by atoms with Crippen molar-refractivity contribution in [1.29, 1.82) is 0 Å². The van der Waals surface area contributed by atoms with Crippen molar-refractivity contribution in [1.82, 2.24) is 0 Å². The van der Waals surface area contributed by atoms with E-state index in [-0.39, 0.29) is 5.78 Å². The van der Waals surface area contributed by atoms with E-state index in [1.807, 2.05) is 26.2 Å². The second kappa shape index (κ2) is 4.51. The SMILES string of the molecule is CSCCC(=O)c1cc(C)oc1C. The van der Waals surface area contributed by atoms with E-state index in [1.165, 1.54) is 0 Å². The van der Waals surface area contributed by atoms with Gasteiger partial charge in [0.25, 0.3) is 0 Å². The summed E-state index contributed by atoms with van der Waals surface area (Å²) in [6.07, 6.45) is 2.60. The number of furan rings is 1. The molecule has 1 rings (SSSR count). The van der Waals surface area contributed by atoms with E-state index >= 15 is 0 Å². The van der Waals surface area contributed by atoms with Gasteiger partial charge in [0.2, 0.25) is 0 Å². The number of hydrogen-bond acceptors (Lipinski definition) is 3. The Labute approximate surface area is 82.7 Å². The molecule has 1 heterocycles. The van der Waals surface area contributed by atoms with Crippen LogP contribution in [0.1, 0.15) is 28.3 Å². The summed E-state index contributed by atoms with van der Waals surface area (Å²) < 4.78 is 5.29. The van der Waals surface area contributed by atoms with Crippen molar-refractivity contribution in [2.45, 2.75) is 20.3 Å². The van der Waals surface area contributed by atoms with Gasteiger partial charge in [-0.15, -0.1) is 0 Å². The van der Waals surface area contributed by atoms with Crippen LogP contribution in [0.3, 0.4) is 0 Å². The van der Waals surface area contributed by atoms with Crippen LogP contribution < -0.4 is 0 Å². The molecule has 0 unspecified atom stereocenters. The van der Waals surface area contributed by atoms with Crippen LogP contribution >= 0.6 is 11.8 Å². The molecule has 0 spiro atoms. The summed E-state index contributed by atoms with van der Waals surface area (Å²) in [4.78, 5) is 11.6. The number of thioether (sulfide) groups is 1. The van der Waals surface area contributed by atoms with E-state index < -0.39 is 0 Å². The second-order valence-corrected chi connectivity index (χ2v) is 3.98. The lowest BCUT2D eigenvalue weighted by atomic mass is 10.1. The Balaban J connectivity index is 2.70. The molecule has 0 radical (unpaired) electrons. The van der Waals surface area contributed by atoms with E-state index in [2.05, 4.69) is 0 Å². The van der Waals surface area contributed by atoms with Gasteiger partial charge in [-0.2, -0.15) is 11.8 Å². The van der Waals surface area contributed by atoms with Crippen LogP contribution in [-0.2, 0) is 0 Å². The highest BCUT2D eigenvalue weighted by atomic mass is 32.2. The van der Waals surface area contributed by atoms with Crippen LogP contribution in [0.2, 0.25) is 0 Å². The van der Waals surface area contributed by atoms with Gasteiger partial charge in [0.1, 0.15) is 11.5 Å². The molecule has 3 heteroatoms. The van der Waals surface area contributed by atoms with E-state index in [0.717, 1.165) is 22.8 Å². The Morgan fingerprint density at radius 1 is 1.54 bits per heavy atom. The largest absolute Gasteiger partial charge is 0.466 e. The molecule has 0 saturated heterocycles. The zero-order valence-electron chi connectivity index (χ0n) is 8.22. The number of rotatable bonds is 4. The topological polar surface area (TPSA) is 30.2 Å². The molecule has 72 valence electrons. The summed E-state index contributed by atoms with van der Waals surface area (Å²) in [5.74, 6) is 2.61. The van der Waals surface area contributed by atoms with Gasteiger partial charge in [-0.25, -0.2) is 0 Å². The third-order valence-corrected chi connectivity index (χ3v) is 2.49. The normalized spacial score (nSPS) is 10.4. The second-order valence-electron chi connectivity index (χ2n) is 2.99. The van der Waals surface area contributed by atoms with Crippen LogP contribution in [-0.4, -0.2) is 17.8 Å². The molecule has 0 N–H and O–H groups in total. The Morgan fingerprint density at radius 2 is 2.23 bits per heavy atom. The monoisotopic (exact) mass is 198 g/mol. The van der Waals surface area contributed by atoms with Crippen LogP contribution in [0.4, 0.5) is 0 Å². The molecule has 0 saturated carbocycles. The first-order valence-corrected chi connectivity index (χ1v) is 5.63. The first kappa shape index (κ1) is 10.4. The highest BCUT2D eigenvalue weighted by Gasteiger charge is 2.12. The average Bonchev–Trinajstić information content (AvgIpc) is 2.41. The minimum absolute atomic E-state index is 0.184. The lowest BCUT2D eigenvalue weighted by Gasteiger charge is -1.96. The highest BCUT2D eigenvalue weighted by Crippen LogP contribution is 2.16. The molecule has 0 aliphatic rings. The lowest BCUT2D eigenvalue weighted by Crippen LogP contribution is -2.00. The van der Waals surface area contributed by atoms with Gasteiger partial charge in [0.15, 0.2) is 5.78 Å². The van der Waals surface area contributed by atoms with Crippen LogP contribution in [0.5, 0.6) is 0 Å². The predicted octanol–water partition coefficient (Wildman–Crippen LogP) is 2.83. The molecule has 0 aliphatic carbocycles. The van der Waals surface area contributed by atoms with Gasteiger partial charge in [-0.3, -0.25) is 4.79 Å². The van der Waals surface area contributed by atoms with Gasteiger partial charge in [-0.05, 0) is 26.2 Å². The summed E-state index contributed by atoms with van der Waals surface area (Å²) in [5, 5.41) is 0. The number of carbonyl (C=O) groups is 1. The first-order valence-electron chi connectivity index (χ1n) is 4.24. The summed E-state index contributed by atoms with van der Waals surface area (Å²) in [7, 11) is 0. The highest BCUT2D eigenvalue weighted by molar-refractivity contribution is 7.98. The Hall–Kier alpha value is -0.700. The molecule has 2 nitrogen and oxygen atoms in total. The molecule has 1 aromatic rings. The predicted molar refractivity (Wildman–Crippen MR) is 55.5 cm³/mol. The lowest BCUT2D eigenvalue weighted by molar-refractivity contribution is 0.0988. The fourth-order valence-corrected chi connectivity index (χ4v) is 1.63. The molecule has 0 bridgehead atoms. The maximum Gasteiger partial charge on any atom is 0.167 e. The third kappa shape index (κ3) is 2.62. The quantitative estimate of drug-likeness (QED) is 0.697. The van der Waals surface area contributed by atoms with Crippen molar-refractivity contribution < 1.29 is 9.21 Å². The summed E-state index contributed by atoms with van der Waals surface area (Å²) in [6, 6.07) is 1.82. The van der Waals surface area contributed by atoms with Crippen molar-refractivity contribution in [3.05, 3.63) is 23.2 Å². The van der Waals surface area contributed by atoms with E-state index in [1.54, 1.807) is 11.8 Å². The smallest absolute Gasteiger partial charge is 0.167 e. The van der Waals surface area contributed by atoms with E-state index in [4.69, 9.17) is 4.42 Å². The van der Waals surface area contributed by atoms with Gasteiger partial charge in [-0.1, -0.05) is 0 Å². The van der Waals surface area contributed by atoms with Gasteiger partial charge in [0.05, 0.1) is 5.56 Å². The van der Waals surface area contributed by atoms with E-state index in [0.29, 0.717) is 6.42 Å². The number of ketones is 1. The Bertz CT molecular complexity index is 302. The molecular weight excluding hydrogens is 184 g/mol. The summed E-state index contributed by atoms with van der Waals surface area (Å²) in [5.41, 5.74) is 0.742. The fourth-order valence-electron chi connectivity index (χ4n) is 1.24.